The molecule has 0 bridgehead atoms. The Labute approximate surface area is 98.0 Å². The molecule has 3 nitrogen and oxygen atoms in total. The van der Waals surface area contributed by atoms with E-state index in [1.807, 2.05) is 0 Å². The van der Waals surface area contributed by atoms with Crippen molar-refractivity contribution in [1.29, 1.82) is 0 Å². The predicted molar refractivity (Wildman–Crippen MR) is 61.8 cm³/mol. The maximum Gasteiger partial charge on any atom is 0.308 e. The van der Waals surface area contributed by atoms with E-state index in [1.54, 1.807) is 25.1 Å². The minimum absolute atomic E-state index is 0.315. The first kappa shape index (κ1) is 12.1. The Morgan fingerprint density at radius 2 is 2.20 bits per heavy atom. The van der Waals surface area contributed by atoms with Crippen molar-refractivity contribution in [3.63, 3.8) is 0 Å². The van der Waals surface area contributed by atoms with Gasteiger partial charge in [0.2, 0.25) is 0 Å². The first-order valence-corrected chi connectivity index (χ1v) is 5.18. The minimum Gasteiger partial charge on any atom is -0.481 e. The molecular weight excluding hydrogens is 237 g/mol. The highest BCUT2D eigenvalue weighted by molar-refractivity contribution is 6.35. The molecule has 0 spiro atoms. The maximum atomic E-state index is 10.6. The number of hydrogen-bond acceptors (Lipinski definition) is 2. The lowest BCUT2D eigenvalue weighted by atomic mass is 10.2. The van der Waals surface area contributed by atoms with Gasteiger partial charge in [-0.15, -0.1) is 0 Å². The summed E-state index contributed by atoms with van der Waals surface area (Å²) in [4.78, 5) is 10.6. The number of anilines is 1. The van der Waals surface area contributed by atoms with Gasteiger partial charge in [-0.05, 0) is 18.2 Å². The molecule has 1 aromatic rings. The van der Waals surface area contributed by atoms with Crippen molar-refractivity contribution < 1.29 is 9.90 Å². The van der Waals surface area contributed by atoms with E-state index in [-0.39, 0.29) is 0 Å². The Morgan fingerprint density at radius 1 is 1.53 bits per heavy atom. The predicted octanol–water partition coefficient (Wildman–Crippen LogP) is 3.13. The molecule has 2 N–H and O–H groups in total. The molecule has 0 fully saturated rings. The van der Waals surface area contributed by atoms with Gasteiger partial charge in [0, 0.05) is 11.6 Å². The molecule has 0 heterocycles. The van der Waals surface area contributed by atoms with E-state index in [9.17, 15) is 4.79 Å². The van der Waals surface area contributed by atoms with Gasteiger partial charge in [-0.3, -0.25) is 4.79 Å². The van der Waals surface area contributed by atoms with Crippen molar-refractivity contribution in [2.45, 2.75) is 6.92 Å². The van der Waals surface area contributed by atoms with Gasteiger partial charge < -0.3 is 10.4 Å². The number of carboxylic acid groups (broad SMARTS) is 1. The third-order valence-electron chi connectivity index (χ3n) is 1.95. The Hall–Kier alpha value is -0.930. The first-order valence-electron chi connectivity index (χ1n) is 4.42. The number of rotatable bonds is 4. The molecule has 0 aliphatic carbocycles. The lowest BCUT2D eigenvalue weighted by Crippen LogP contribution is -2.19. The van der Waals surface area contributed by atoms with Crippen molar-refractivity contribution in [3.8, 4) is 0 Å². The molecule has 0 aromatic heterocycles. The summed E-state index contributed by atoms with van der Waals surface area (Å²) in [6.07, 6.45) is 0. The normalized spacial score (nSPS) is 12.2. The molecule has 0 saturated carbocycles. The van der Waals surface area contributed by atoms with Crippen LogP contribution in [0.3, 0.4) is 0 Å². The third kappa shape index (κ3) is 3.61. The summed E-state index contributed by atoms with van der Waals surface area (Å²) < 4.78 is 0. The van der Waals surface area contributed by atoms with Gasteiger partial charge in [0.1, 0.15) is 0 Å². The highest BCUT2D eigenvalue weighted by Gasteiger charge is 2.10. The van der Waals surface area contributed by atoms with Gasteiger partial charge in [0.25, 0.3) is 0 Å². The fraction of sp³-hybridized carbons (Fsp3) is 0.300. The molecule has 0 aliphatic heterocycles. The molecule has 0 saturated heterocycles. The van der Waals surface area contributed by atoms with Gasteiger partial charge in [-0.25, -0.2) is 0 Å². The molecule has 0 aliphatic rings. The van der Waals surface area contributed by atoms with Gasteiger partial charge in [-0.2, -0.15) is 0 Å². The van der Waals surface area contributed by atoms with Crippen LogP contribution in [-0.4, -0.2) is 17.6 Å². The number of benzene rings is 1. The van der Waals surface area contributed by atoms with Crippen molar-refractivity contribution in [3.05, 3.63) is 28.2 Å². The van der Waals surface area contributed by atoms with Crippen molar-refractivity contribution >= 4 is 34.9 Å². The average molecular weight is 248 g/mol. The van der Waals surface area contributed by atoms with Gasteiger partial charge >= 0.3 is 5.97 Å². The van der Waals surface area contributed by atoms with Crippen LogP contribution in [0, 0.1) is 5.92 Å². The smallest absolute Gasteiger partial charge is 0.308 e. The quantitative estimate of drug-likeness (QED) is 0.860. The van der Waals surface area contributed by atoms with Crippen LogP contribution in [0.15, 0.2) is 18.2 Å². The van der Waals surface area contributed by atoms with Crippen LogP contribution >= 0.6 is 23.2 Å². The van der Waals surface area contributed by atoms with Crippen molar-refractivity contribution in [1.82, 2.24) is 0 Å². The van der Waals surface area contributed by atoms with Crippen molar-refractivity contribution in [2.75, 3.05) is 11.9 Å². The molecule has 1 atom stereocenters. The van der Waals surface area contributed by atoms with E-state index in [1.165, 1.54) is 0 Å². The first-order chi connectivity index (χ1) is 7.00. The number of halogens is 2. The molecule has 0 amide bonds. The van der Waals surface area contributed by atoms with E-state index >= 15 is 0 Å². The van der Waals surface area contributed by atoms with Crippen LogP contribution in [0.5, 0.6) is 0 Å². The monoisotopic (exact) mass is 247 g/mol. The number of aliphatic carboxylic acids is 1. The molecule has 1 unspecified atom stereocenters. The lowest BCUT2D eigenvalue weighted by Gasteiger charge is -2.11. The second-order valence-corrected chi connectivity index (χ2v) is 4.09. The molecule has 82 valence electrons. The van der Waals surface area contributed by atoms with Crippen LogP contribution in [0.2, 0.25) is 10.0 Å². The molecular formula is C10H11Cl2NO2. The number of carbonyl (C=O) groups is 1. The molecule has 1 rings (SSSR count). The van der Waals surface area contributed by atoms with E-state index in [0.29, 0.717) is 22.3 Å². The average Bonchev–Trinajstić information content (AvgIpc) is 2.18. The topological polar surface area (TPSA) is 49.3 Å². The highest BCUT2D eigenvalue weighted by atomic mass is 35.5. The second kappa shape index (κ2) is 5.24. The maximum absolute atomic E-state index is 10.6. The lowest BCUT2D eigenvalue weighted by molar-refractivity contribution is -0.140. The van der Waals surface area contributed by atoms with Crippen LogP contribution in [0.25, 0.3) is 0 Å². The number of hydrogen-bond donors (Lipinski definition) is 2. The zero-order valence-electron chi connectivity index (χ0n) is 8.13. The Morgan fingerprint density at radius 3 is 2.80 bits per heavy atom. The second-order valence-electron chi connectivity index (χ2n) is 3.24. The zero-order valence-corrected chi connectivity index (χ0v) is 9.64. The van der Waals surface area contributed by atoms with Crippen molar-refractivity contribution in [2.24, 2.45) is 5.92 Å². The summed E-state index contributed by atoms with van der Waals surface area (Å²) in [6.45, 7) is 1.93. The fourth-order valence-corrected chi connectivity index (χ4v) is 1.34. The van der Waals surface area contributed by atoms with Gasteiger partial charge in [0.15, 0.2) is 0 Å². The summed E-state index contributed by atoms with van der Waals surface area (Å²) in [6, 6.07) is 5.01. The van der Waals surface area contributed by atoms with Crippen LogP contribution in [0.4, 0.5) is 5.69 Å². The fourth-order valence-electron chi connectivity index (χ4n) is 0.983. The molecule has 1 aromatic carbocycles. The van der Waals surface area contributed by atoms with E-state index in [2.05, 4.69) is 5.32 Å². The van der Waals surface area contributed by atoms with Crippen LogP contribution in [0.1, 0.15) is 6.92 Å². The van der Waals surface area contributed by atoms with Crippen LogP contribution < -0.4 is 5.32 Å². The molecule has 0 radical (unpaired) electrons. The summed E-state index contributed by atoms with van der Waals surface area (Å²) >= 11 is 11.7. The molecule has 15 heavy (non-hydrogen) atoms. The van der Waals surface area contributed by atoms with Gasteiger partial charge in [-0.1, -0.05) is 30.1 Å². The van der Waals surface area contributed by atoms with E-state index in [4.69, 9.17) is 28.3 Å². The standard InChI is InChI=1S/C10H11Cl2NO2/c1-6(10(14)15)5-13-9-4-7(11)2-3-8(9)12/h2-4,6,13H,5H2,1H3,(H,14,15). The number of nitrogens with one attached hydrogen (secondary N) is 1. The van der Waals surface area contributed by atoms with E-state index in [0.717, 1.165) is 0 Å². The summed E-state index contributed by atoms with van der Waals surface area (Å²) in [5, 5.41) is 12.7. The third-order valence-corrected chi connectivity index (χ3v) is 2.51. The molecule has 5 heteroatoms. The van der Waals surface area contributed by atoms with E-state index < -0.39 is 11.9 Å². The Kier molecular flexibility index (Phi) is 4.24. The largest absolute Gasteiger partial charge is 0.481 e. The van der Waals surface area contributed by atoms with Gasteiger partial charge in [0.05, 0.1) is 16.6 Å². The highest BCUT2D eigenvalue weighted by Crippen LogP contribution is 2.25. The van der Waals surface area contributed by atoms with Crippen LogP contribution in [-0.2, 0) is 4.79 Å². The Bertz CT molecular complexity index is 368. The summed E-state index contributed by atoms with van der Waals surface area (Å²) in [5.74, 6) is -1.32. The minimum atomic E-state index is -0.847. The summed E-state index contributed by atoms with van der Waals surface area (Å²) in [7, 11) is 0. The number of carboxylic acids is 1. The zero-order chi connectivity index (χ0) is 11.4. The Balaban J connectivity index is 2.65. The SMILES string of the molecule is CC(CNc1cc(Cl)ccc1Cl)C(=O)O. The summed E-state index contributed by atoms with van der Waals surface area (Å²) in [5.41, 5.74) is 0.650.